The summed E-state index contributed by atoms with van der Waals surface area (Å²) in [4.78, 5) is 22.0. The third kappa shape index (κ3) is 5.26. The van der Waals surface area contributed by atoms with E-state index in [1.165, 1.54) is 0 Å². The van der Waals surface area contributed by atoms with E-state index in [9.17, 15) is 4.79 Å². The van der Waals surface area contributed by atoms with Gasteiger partial charge in [-0.3, -0.25) is 9.79 Å². The first-order valence-electron chi connectivity index (χ1n) is 6.84. The molecule has 0 aliphatic heterocycles. The summed E-state index contributed by atoms with van der Waals surface area (Å²) in [6.45, 7) is 7.98. The zero-order valence-corrected chi connectivity index (χ0v) is 12.4. The summed E-state index contributed by atoms with van der Waals surface area (Å²) in [5.41, 5.74) is 6.88. The predicted molar refractivity (Wildman–Crippen MR) is 81.6 cm³/mol. The smallest absolute Gasteiger partial charge is 0.227 e. The molecule has 110 valence electrons. The van der Waals surface area contributed by atoms with E-state index in [4.69, 9.17) is 5.73 Å². The molecule has 0 radical (unpaired) electrons. The van der Waals surface area contributed by atoms with Crippen LogP contribution >= 0.6 is 0 Å². The Morgan fingerprint density at radius 2 is 2.10 bits per heavy atom. The number of hydrogen-bond donors (Lipinski definition) is 2. The van der Waals surface area contributed by atoms with E-state index >= 15 is 0 Å². The number of nitrogens with one attached hydrogen (secondary N) is 1. The van der Waals surface area contributed by atoms with Crippen LogP contribution in [0, 0.1) is 6.92 Å². The van der Waals surface area contributed by atoms with Crippen molar-refractivity contribution in [1.82, 2.24) is 9.88 Å². The van der Waals surface area contributed by atoms with Crippen molar-refractivity contribution in [3.8, 4) is 0 Å². The number of pyridine rings is 1. The van der Waals surface area contributed by atoms with Crippen LogP contribution in [-0.4, -0.2) is 41.4 Å². The average molecular weight is 277 g/mol. The predicted octanol–water partition coefficient (Wildman–Crippen LogP) is 1.38. The average Bonchev–Trinajstić information content (AvgIpc) is 2.43. The third-order valence-electron chi connectivity index (χ3n) is 2.88. The van der Waals surface area contributed by atoms with E-state index in [1.54, 1.807) is 12.3 Å². The zero-order chi connectivity index (χ0) is 15.0. The van der Waals surface area contributed by atoms with Gasteiger partial charge in [0.1, 0.15) is 5.82 Å². The van der Waals surface area contributed by atoms with Crippen molar-refractivity contribution in [2.75, 3.05) is 25.0 Å². The molecule has 1 heterocycles. The molecule has 0 aliphatic carbocycles. The van der Waals surface area contributed by atoms with Gasteiger partial charge >= 0.3 is 0 Å². The molecule has 20 heavy (non-hydrogen) atoms. The second-order valence-electron chi connectivity index (χ2n) is 4.43. The molecule has 0 aromatic carbocycles. The molecule has 1 rings (SSSR count). The van der Waals surface area contributed by atoms with E-state index in [-0.39, 0.29) is 12.3 Å². The number of anilines is 1. The molecule has 6 nitrogen and oxygen atoms in total. The van der Waals surface area contributed by atoms with Crippen molar-refractivity contribution >= 4 is 17.7 Å². The molecular formula is C14H23N5O. The summed E-state index contributed by atoms with van der Waals surface area (Å²) >= 11 is 0. The van der Waals surface area contributed by atoms with Gasteiger partial charge in [-0.1, -0.05) is 6.07 Å². The maximum atomic E-state index is 11.7. The highest BCUT2D eigenvalue weighted by Crippen LogP contribution is 2.04. The molecule has 0 bridgehead atoms. The molecule has 1 aromatic rings. The van der Waals surface area contributed by atoms with E-state index < -0.39 is 0 Å². The van der Waals surface area contributed by atoms with Gasteiger partial charge in [0.05, 0.1) is 6.54 Å². The molecule has 0 unspecified atom stereocenters. The van der Waals surface area contributed by atoms with Crippen LogP contribution in [0.25, 0.3) is 0 Å². The van der Waals surface area contributed by atoms with Crippen LogP contribution in [0.3, 0.4) is 0 Å². The van der Waals surface area contributed by atoms with Crippen molar-refractivity contribution in [3.05, 3.63) is 23.9 Å². The molecule has 3 N–H and O–H groups in total. The van der Waals surface area contributed by atoms with Crippen LogP contribution < -0.4 is 11.1 Å². The van der Waals surface area contributed by atoms with Gasteiger partial charge < -0.3 is 16.0 Å². The number of carbonyl (C=O) groups excluding carboxylic acids is 1. The molecule has 6 heteroatoms. The number of aromatic nitrogens is 1. The minimum Gasteiger partial charge on any atom is -0.370 e. The highest BCUT2D eigenvalue weighted by molar-refractivity contribution is 5.90. The van der Waals surface area contributed by atoms with Crippen LogP contribution in [0.1, 0.15) is 25.8 Å². The quantitative estimate of drug-likeness (QED) is 0.607. The lowest BCUT2D eigenvalue weighted by atomic mass is 10.3. The second-order valence-corrected chi connectivity index (χ2v) is 4.43. The summed E-state index contributed by atoms with van der Waals surface area (Å²) in [5, 5.41) is 2.73. The van der Waals surface area contributed by atoms with Crippen molar-refractivity contribution in [1.29, 1.82) is 0 Å². The first kappa shape index (κ1) is 15.9. The number of amides is 1. The number of guanidine groups is 1. The largest absolute Gasteiger partial charge is 0.370 e. The number of nitrogens with two attached hydrogens (primary N) is 1. The van der Waals surface area contributed by atoms with Crippen LogP contribution in [0.5, 0.6) is 0 Å². The molecule has 0 saturated heterocycles. The van der Waals surface area contributed by atoms with Gasteiger partial charge in [-0.25, -0.2) is 4.98 Å². The number of nitrogens with zero attached hydrogens (tertiary/aromatic N) is 3. The van der Waals surface area contributed by atoms with E-state index in [2.05, 4.69) is 15.3 Å². The molecular weight excluding hydrogens is 254 g/mol. The van der Waals surface area contributed by atoms with Gasteiger partial charge in [0, 0.05) is 25.7 Å². The Bertz CT molecular complexity index is 451. The van der Waals surface area contributed by atoms with Crippen molar-refractivity contribution in [2.45, 2.75) is 27.2 Å². The SMILES string of the molecule is CCN(CC)C(N)=NCCC(=O)Nc1ccc(C)cn1. The second kappa shape index (κ2) is 8.14. The van der Waals surface area contributed by atoms with Gasteiger partial charge in [0.15, 0.2) is 5.96 Å². The van der Waals surface area contributed by atoms with Crippen molar-refractivity contribution < 1.29 is 4.79 Å². The fraction of sp³-hybridized carbons (Fsp3) is 0.500. The first-order valence-corrected chi connectivity index (χ1v) is 6.84. The molecule has 0 spiro atoms. The van der Waals surface area contributed by atoms with Gasteiger partial charge in [-0.05, 0) is 32.4 Å². The minimum absolute atomic E-state index is 0.113. The molecule has 0 saturated carbocycles. The minimum atomic E-state index is -0.113. The standard InChI is InChI=1S/C14H23N5O/c1-4-19(5-2)14(15)16-9-8-13(20)18-12-7-6-11(3)10-17-12/h6-7,10H,4-5,8-9H2,1-3H3,(H2,15,16)(H,17,18,20). The van der Waals surface area contributed by atoms with Crippen LogP contribution in [0.4, 0.5) is 5.82 Å². The van der Waals surface area contributed by atoms with Crippen LogP contribution in [-0.2, 0) is 4.79 Å². The van der Waals surface area contributed by atoms with Crippen molar-refractivity contribution in [2.24, 2.45) is 10.7 Å². The number of carbonyl (C=O) groups is 1. The summed E-state index contributed by atoms with van der Waals surface area (Å²) < 4.78 is 0. The highest BCUT2D eigenvalue weighted by Gasteiger charge is 2.04. The molecule has 1 amide bonds. The maximum Gasteiger partial charge on any atom is 0.227 e. The Balaban J connectivity index is 2.40. The normalized spacial score (nSPS) is 11.2. The number of rotatable bonds is 6. The lowest BCUT2D eigenvalue weighted by Crippen LogP contribution is -2.37. The Labute approximate surface area is 120 Å². The lowest BCUT2D eigenvalue weighted by Gasteiger charge is -2.19. The van der Waals surface area contributed by atoms with E-state index in [0.29, 0.717) is 18.3 Å². The van der Waals surface area contributed by atoms with Crippen molar-refractivity contribution in [3.63, 3.8) is 0 Å². The number of aliphatic imine (C=N–C) groups is 1. The first-order chi connectivity index (χ1) is 9.56. The zero-order valence-electron chi connectivity index (χ0n) is 12.4. The van der Waals surface area contributed by atoms with Gasteiger partial charge in [0.25, 0.3) is 0 Å². The van der Waals surface area contributed by atoms with Gasteiger partial charge in [-0.15, -0.1) is 0 Å². The van der Waals surface area contributed by atoms with Crippen LogP contribution in [0.2, 0.25) is 0 Å². The fourth-order valence-electron chi connectivity index (χ4n) is 1.67. The fourth-order valence-corrected chi connectivity index (χ4v) is 1.67. The van der Waals surface area contributed by atoms with Crippen LogP contribution in [0.15, 0.2) is 23.3 Å². The maximum absolute atomic E-state index is 11.7. The molecule has 0 atom stereocenters. The monoisotopic (exact) mass is 277 g/mol. The Kier molecular flexibility index (Phi) is 6.49. The van der Waals surface area contributed by atoms with Gasteiger partial charge in [-0.2, -0.15) is 0 Å². The lowest BCUT2D eigenvalue weighted by molar-refractivity contribution is -0.116. The third-order valence-corrected chi connectivity index (χ3v) is 2.88. The summed E-state index contributed by atoms with van der Waals surface area (Å²) in [6.07, 6.45) is 2.00. The Hall–Kier alpha value is -2.11. The number of aryl methyl sites for hydroxylation is 1. The Morgan fingerprint density at radius 1 is 1.40 bits per heavy atom. The number of hydrogen-bond acceptors (Lipinski definition) is 3. The highest BCUT2D eigenvalue weighted by atomic mass is 16.1. The van der Waals surface area contributed by atoms with E-state index in [1.807, 2.05) is 31.7 Å². The van der Waals surface area contributed by atoms with E-state index in [0.717, 1.165) is 18.7 Å². The Morgan fingerprint density at radius 3 is 2.65 bits per heavy atom. The topological polar surface area (TPSA) is 83.6 Å². The summed E-state index contributed by atoms with van der Waals surface area (Å²) in [7, 11) is 0. The summed E-state index contributed by atoms with van der Waals surface area (Å²) in [5.74, 6) is 0.926. The molecule has 1 aromatic heterocycles. The van der Waals surface area contributed by atoms with Gasteiger partial charge in [0.2, 0.25) is 5.91 Å². The molecule has 0 aliphatic rings. The summed E-state index contributed by atoms with van der Waals surface area (Å²) in [6, 6.07) is 3.68. The molecule has 0 fully saturated rings.